The highest BCUT2D eigenvalue weighted by molar-refractivity contribution is 5.57. The number of hydrogen-bond acceptors (Lipinski definition) is 4. The summed E-state index contributed by atoms with van der Waals surface area (Å²) in [5, 5.41) is 21.0. The van der Waals surface area contributed by atoms with Crippen LogP contribution in [-0.2, 0) is 13.1 Å². The first-order valence-electron chi connectivity index (χ1n) is 18.2. The molecule has 47 heavy (non-hydrogen) atoms. The van der Waals surface area contributed by atoms with Gasteiger partial charge in [-0.1, -0.05) is 44.4 Å². The third-order valence-corrected chi connectivity index (χ3v) is 12.1. The molecule has 258 valence electrons. The molecule has 2 saturated carbocycles. The first kappa shape index (κ1) is 34.2. The Balaban J connectivity index is 1.42. The molecule has 6 rings (SSSR count). The Morgan fingerprint density at radius 2 is 1.74 bits per heavy atom. The Morgan fingerprint density at radius 3 is 2.43 bits per heavy atom. The molecule has 1 aliphatic heterocycles. The van der Waals surface area contributed by atoms with Gasteiger partial charge in [0.15, 0.2) is 0 Å². The Morgan fingerprint density at radius 1 is 1.02 bits per heavy atom. The SMILES string of the molecule is C[C@H](CCCC(C)(C)O)[C@H]1CC[C@H]2/C(=C3/CC4=C(CC[C@H](O)C4)Cn4c(=O)n(-c5ccc(C[N+](C)(C)C)cc5)c(=O)n43)CCC[C@]12C. The van der Waals surface area contributed by atoms with Crippen molar-refractivity contribution in [1.82, 2.24) is 13.9 Å². The number of aromatic nitrogens is 3. The molecule has 2 fully saturated rings. The molecule has 0 spiro atoms. The van der Waals surface area contributed by atoms with Crippen molar-refractivity contribution in [3.63, 3.8) is 0 Å². The molecule has 2 heterocycles. The second kappa shape index (κ2) is 12.6. The summed E-state index contributed by atoms with van der Waals surface area (Å²) < 4.78 is 5.65. The molecule has 8 nitrogen and oxygen atoms in total. The summed E-state index contributed by atoms with van der Waals surface area (Å²) in [6.45, 7) is 9.97. The van der Waals surface area contributed by atoms with Crippen molar-refractivity contribution in [2.75, 3.05) is 21.1 Å². The second-order valence-electron chi connectivity index (χ2n) is 17.4. The maximum absolute atomic E-state index is 14.5. The molecule has 0 amide bonds. The predicted octanol–water partition coefficient (Wildman–Crippen LogP) is 6.26. The summed E-state index contributed by atoms with van der Waals surface area (Å²) in [5.74, 6) is 1.53. The molecule has 1 aromatic carbocycles. The monoisotopic (exact) mass is 647 g/mol. The van der Waals surface area contributed by atoms with Crippen LogP contribution >= 0.6 is 0 Å². The topological polar surface area (TPSA) is 89.4 Å². The molecule has 5 atom stereocenters. The third kappa shape index (κ3) is 6.80. The van der Waals surface area contributed by atoms with Crippen LogP contribution in [0.25, 0.3) is 11.4 Å². The first-order valence-corrected chi connectivity index (χ1v) is 18.2. The van der Waals surface area contributed by atoms with Crippen LogP contribution in [0.3, 0.4) is 0 Å². The molecule has 3 aliphatic carbocycles. The first-order chi connectivity index (χ1) is 22.1. The van der Waals surface area contributed by atoms with E-state index in [4.69, 9.17) is 0 Å². The summed E-state index contributed by atoms with van der Waals surface area (Å²) in [6, 6.07) is 7.91. The van der Waals surface area contributed by atoms with Gasteiger partial charge < -0.3 is 14.7 Å². The summed E-state index contributed by atoms with van der Waals surface area (Å²) >= 11 is 0. The highest BCUT2D eigenvalue weighted by Crippen LogP contribution is 2.61. The lowest BCUT2D eigenvalue weighted by Crippen LogP contribution is -2.37. The van der Waals surface area contributed by atoms with Gasteiger partial charge >= 0.3 is 11.4 Å². The van der Waals surface area contributed by atoms with E-state index in [1.54, 1.807) is 9.36 Å². The number of allylic oxidation sites excluding steroid dienone is 3. The van der Waals surface area contributed by atoms with E-state index >= 15 is 0 Å². The van der Waals surface area contributed by atoms with E-state index in [2.05, 4.69) is 35.0 Å². The minimum absolute atomic E-state index is 0.142. The van der Waals surface area contributed by atoms with Gasteiger partial charge in [0.25, 0.3) is 0 Å². The van der Waals surface area contributed by atoms with Crippen LogP contribution in [-0.4, -0.2) is 61.5 Å². The molecule has 8 heteroatoms. The maximum Gasteiger partial charge on any atom is 0.356 e. The number of benzene rings is 1. The average Bonchev–Trinajstić information content (AvgIpc) is 3.37. The number of nitrogens with zero attached hydrogens (tertiary/aromatic N) is 4. The van der Waals surface area contributed by atoms with Crippen LogP contribution in [0, 0.1) is 23.2 Å². The molecule has 2 N–H and O–H groups in total. The molecule has 0 bridgehead atoms. The van der Waals surface area contributed by atoms with Gasteiger partial charge in [-0.05, 0) is 118 Å². The third-order valence-electron chi connectivity index (χ3n) is 12.1. The zero-order valence-electron chi connectivity index (χ0n) is 30.0. The largest absolute Gasteiger partial charge is 0.393 e. The molecular weight excluding hydrogens is 588 g/mol. The van der Waals surface area contributed by atoms with Gasteiger partial charge in [-0.3, -0.25) is 0 Å². The van der Waals surface area contributed by atoms with Crippen LogP contribution < -0.4 is 11.4 Å². The molecular formula is C39H59N4O4+. The van der Waals surface area contributed by atoms with Crippen molar-refractivity contribution in [2.24, 2.45) is 23.2 Å². The second-order valence-corrected chi connectivity index (χ2v) is 17.4. The van der Waals surface area contributed by atoms with E-state index in [1.165, 1.54) is 39.7 Å². The molecule has 0 radical (unpaired) electrons. The van der Waals surface area contributed by atoms with E-state index in [-0.39, 0.29) is 22.9 Å². The van der Waals surface area contributed by atoms with Crippen molar-refractivity contribution in [3.8, 4) is 5.69 Å². The lowest BCUT2D eigenvalue weighted by molar-refractivity contribution is -0.884. The van der Waals surface area contributed by atoms with Crippen LogP contribution in [0.4, 0.5) is 0 Å². The molecule has 0 unspecified atom stereocenters. The van der Waals surface area contributed by atoms with Crippen LogP contribution in [0.1, 0.15) is 110 Å². The summed E-state index contributed by atoms with van der Waals surface area (Å²) in [4.78, 5) is 28.8. The predicted molar refractivity (Wildman–Crippen MR) is 188 cm³/mol. The number of aliphatic hydroxyl groups is 2. The summed E-state index contributed by atoms with van der Waals surface area (Å²) in [6.07, 6.45) is 10.8. The van der Waals surface area contributed by atoms with Crippen LogP contribution in [0.5, 0.6) is 0 Å². The molecule has 0 saturated heterocycles. The van der Waals surface area contributed by atoms with Crippen LogP contribution in [0.15, 0.2) is 50.6 Å². The number of quaternary nitrogens is 1. The van der Waals surface area contributed by atoms with E-state index in [0.29, 0.717) is 49.2 Å². The minimum Gasteiger partial charge on any atom is -0.393 e. The van der Waals surface area contributed by atoms with Gasteiger partial charge in [0, 0.05) is 17.7 Å². The standard InChI is InChI=1S/C39H59N4O4/c1-26(10-8-20-38(2,3)47)33-18-19-34-32(11-9-21-39(33,34)4)35-23-29-22-31(44)17-14-28(29)24-40-36(45)41(37(46)42(35)40)30-15-12-27(13-16-30)25-43(5,6)7/h12-13,15-16,26,31,33-34,44,47H,8-11,14,17-25H2,1-7H3/q+1/b35-32-/t26-,31+,33-,34+,39-/m1/s1. The number of fused-ring (bicyclic) bond motifs is 2. The van der Waals surface area contributed by atoms with Gasteiger partial charge in [-0.15, -0.1) is 0 Å². The average molecular weight is 648 g/mol. The minimum atomic E-state index is -0.628. The van der Waals surface area contributed by atoms with Gasteiger partial charge in [0.1, 0.15) is 6.54 Å². The van der Waals surface area contributed by atoms with Crippen molar-refractivity contribution in [3.05, 3.63) is 67.5 Å². The summed E-state index contributed by atoms with van der Waals surface area (Å²) in [7, 11) is 6.46. The van der Waals surface area contributed by atoms with Crippen molar-refractivity contribution in [1.29, 1.82) is 0 Å². The summed E-state index contributed by atoms with van der Waals surface area (Å²) in [5.41, 5.74) is 5.53. The Hall–Kier alpha value is -2.68. The van der Waals surface area contributed by atoms with Crippen molar-refractivity contribution >= 4 is 5.70 Å². The highest BCUT2D eigenvalue weighted by atomic mass is 16.3. The Kier molecular flexibility index (Phi) is 9.20. The van der Waals surface area contributed by atoms with E-state index in [0.717, 1.165) is 61.7 Å². The highest BCUT2D eigenvalue weighted by Gasteiger charge is 2.51. The molecule has 1 aromatic heterocycles. The molecule has 4 aliphatic rings. The van der Waals surface area contributed by atoms with Crippen molar-refractivity contribution in [2.45, 2.75) is 130 Å². The number of hydrogen-bond donors (Lipinski definition) is 2. The normalized spacial score (nSPS) is 28.9. The van der Waals surface area contributed by atoms with Crippen molar-refractivity contribution < 1.29 is 14.7 Å². The smallest absolute Gasteiger partial charge is 0.356 e. The fourth-order valence-electron chi connectivity index (χ4n) is 9.91. The fraction of sp³-hybridized carbons (Fsp3) is 0.692. The quantitative estimate of drug-likeness (QED) is 0.262. The maximum atomic E-state index is 14.5. The van der Waals surface area contributed by atoms with Crippen LogP contribution in [0.2, 0.25) is 0 Å². The van der Waals surface area contributed by atoms with E-state index < -0.39 is 5.60 Å². The fourth-order valence-corrected chi connectivity index (χ4v) is 9.91. The van der Waals surface area contributed by atoms with E-state index in [1.807, 2.05) is 38.1 Å². The zero-order chi connectivity index (χ0) is 33.9. The number of aliphatic hydroxyl groups excluding tert-OH is 1. The number of rotatable bonds is 8. The van der Waals surface area contributed by atoms with Gasteiger partial charge in [0.2, 0.25) is 0 Å². The van der Waals surface area contributed by atoms with E-state index in [9.17, 15) is 19.8 Å². The zero-order valence-corrected chi connectivity index (χ0v) is 30.0. The Labute approximate surface area is 281 Å². The lowest BCUT2D eigenvalue weighted by Gasteiger charge is -2.45. The Bertz CT molecular complexity index is 1660. The van der Waals surface area contributed by atoms with Gasteiger partial charge in [-0.2, -0.15) is 0 Å². The molecule has 2 aromatic rings. The van der Waals surface area contributed by atoms with Gasteiger partial charge in [-0.25, -0.2) is 23.5 Å². The van der Waals surface area contributed by atoms with Gasteiger partial charge in [0.05, 0.1) is 45.1 Å². The lowest BCUT2D eigenvalue weighted by atomic mass is 9.60.